The molecule has 0 spiro atoms. The number of nitrogens with zero attached hydrogens (tertiary/aromatic N) is 2. The second kappa shape index (κ2) is 5.43. The highest BCUT2D eigenvalue weighted by Gasteiger charge is 2.30. The maximum atomic E-state index is 4.42. The highest BCUT2D eigenvalue weighted by atomic mass is 15.3. The number of hydrogen-bond donors (Lipinski definition) is 2. The smallest absolute Gasteiger partial charge is 0.193 e. The maximum absolute atomic E-state index is 4.42. The normalized spacial score (nSPS) is 18.4. The van der Waals surface area contributed by atoms with E-state index in [9.17, 15) is 0 Å². The minimum atomic E-state index is 0.388. The molecule has 1 aromatic heterocycles. The van der Waals surface area contributed by atoms with Gasteiger partial charge in [0, 0.05) is 31.3 Å². The van der Waals surface area contributed by atoms with Gasteiger partial charge in [0.1, 0.15) is 0 Å². The van der Waals surface area contributed by atoms with Gasteiger partial charge in [-0.25, -0.2) is 0 Å². The van der Waals surface area contributed by atoms with E-state index >= 15 is 0 Å². The number of nitrogens with one attached hydrogen (secondary N) is 2. The van der Waals surface area contributed by atoms with E-state index in [1.165, 1.54) is 23.0 Å². The third-order valence-electron chi connectivity index (χ3n) is 4.21. The quantitative estimate of drug-likeness (QED) is 0.658. The van der Waals surface area contributed by atoms with Gasteiger partial charge in [-0.1, -0.05) is 32.0 Å². The first-order valence-electron chi connectivity index (χ1n) is 7.60. The van der Waals surface area contributed by atoms with E-state index in [0.717, 1.165) is 25.6 Å². The van der Waals surface area contributed by atoms with Gasteiger partial charge in [-0.15, -0.1) is 0 Å². The molecule has 1 saturated heterocycles. The van der Waals surface area contributed by atoms with Crippen LogP contribution in [0.5, 0.6) is 0 Å². The highest BCUT2D eigenvalue weighted by Crippen LogP contribution is 2.28. The predicted molar refractivity (Wildman–Crippen MR) is 88.5 cm³/mol. The zero-order valence-electron chi connectivity index (χ0n) is 13.1. The van der Waals surface area contributed by atoms with Gasteiger partial charge in [0.15, 0.2) is 5.96 Å². The summed E-state index contributed by atoms with van der Waals surface area (Å²) in [6, 6.07) is 10.6. The van der Waals surface area contributed by atoms with E-state index in [1.54, 1.807) is 0 Å². The van der Waals surface area contributed by atoms with Gasteiger partial charge in [-0.2, -0.15) is 0 Å². The van der Waals surface area contributed by atoms with Crippen LogP contribution < -0.4 is 5.32 Å². The van der Waals surface area contributed by atoms with Crippen molar-refractivity contribution in [3.05, 3.63) is 36.0 Å². The first-order valence-corrected chi connectivity index (χ1v) is 7.60. The number of fused-ring (bicyclic) bond motifs is 1. The van der Waals surface area contributed by atoms with Crippen molar-refractivity contribution in [3.63, 3.8) is 0 Å². The molecule has 0 bridgehead atoms. The van der Waals surface area contributed by atoms with Crippen LogP contribution >= 0.6 is 0 Å². The Labute approximate surface area is 126 Å². The Balaban J connectivity index is 1.65. The van der Waals surface area contributed by atoms with E-state index in [0.29, 0.717) is 5.41 Å². The fraction of sp³-hybridized carbons (Fsp3) is 0.471. The summed E-state index contributed by atoms with van der Waals surface area (Å²) in [5.74, 6) is 0.999. The fourth-order valence-corrected chi connectivity index (χ4v) is 3.03. The molecule has 0 radical (unpaired) electrons. The molecule has 2 heterocycles. The number of hydrogen-bond acceptors (Lipinski definition) is 1. The zero-order chi connectivity index (χ0) is 14.9. The van der Waals surface area contributed by atoms with Crippen LogP contribution in [0.15, 0.2) is 35.3 Å². The van der Waals surface area contributed by atoms with Crippen molar-refractivity contribution in [2.24, 2.45) is 10.4 Å². The lowest BCUT2D eigenvalue weighted by Gasteiger charge is -2.23. The van der Waals surface area contributed by atoms with Crippen LogP contribution in [-0.4, -0.2) is 36.0 Å². The van der Waals surface area contributed by atoms with Crippen LogP contribution in [0.4, 0.5) is 0 Å². The topological polar surface area (TPSA) is 43.4 Å². The Hall–Kier alpha value is -1.97. The number of benzene rings is 1. The summed E-state index contributed by atoms with van der Waals surface area (Å²) in [5, 5.41) is 4.73. The van der Waals surface area contributed by atoms with Gasteiger partial charge in [0.25, 0.3) is 0 Å². The van der Waals surface area contributed by atoms with Gasteiger partial charge in [-0.3, -0.25) is 4.99 Å². The molecule has 1 aromatic carbocycles. The summed E-state index contributed by atoms with van der Waals surface area (Å²) in [6.07, 6.45) is 1.22. The van der Waals surface area contributed by atoms with E-state index in [-0.39, 0.29) is 0 Å². The number of likely N-dealkylation sites (tertiary alicyclic amines) is 1. The largest absolute Gasteiger partial charge is 0.357 e. The fourth-order valence-electron chi connectivity index (χ4n) is 3.03. The van der Waals surface area contributed by atoms with Crippen molar-refractivity contribution in [3.8, 4) is 0 Å². The van der Waals surface area contributed by atoms with Crippen molar-refractivity contribution in [2.75, 3.05) is 20.1 Å². The number of aromatic amines is 1. The molecule has 0 aliphatic carbocycles. The van der Waals surface area contributed by atoms with Gasteiger partial charge in [0.05, 0.1) is 6.54 Å². The minimum absolute atomic E-state index is 0.388. The molecular formula is C17H24N4. The lowest BCUT2D eigenvalue weighted by atomic mass is 9.93. The lowest BCUT2D eigenvalue weighted by molar-refractivity contribution is 0.370. The molecule has 1 aliphatic rings. The van der Waals surface area contributed by atoms with Crippen molar-refractivity contribution in [2.45, 2.75) is 26.8 Å². The summed E-state index contributed by atoms with van der Waals surface area (Å²) in [6.45, 7) is 7.56. The molecule has 21 heavy (non-hydrogen) atoms. The number of para-hydroxylation sites is 1. The van der Waals surface area contributed by atoms with Crippen molar-refractivity contribution in [1.82, 2.24) is 15.2 Å². The van der Waals surface area contributed by atoms with E-state index in [4.69, 9.17) is 0 Å². The summed E-state index contributed by atoms with van der Waals surface area (Å²) in [7, 11) is 1.86. The van der Waals surface area contributed by atoms with E-state index in [1.807, 2.05) is 7.05 Å². The van der Waals surface area contributed by atoms with Gasteiger partial charge in [-0.05, 0) is 29.4 Å². The number of guanidine groups is 1. The molecule has 4 heteroatoms. The molecule has 1 aliphatic heterocycles. The molecule has 2 aromatic rings. The molecule has 0 atom stereocenters. The highest BCUT2D eigenvalue weighted by molar-refractivity contribution is 5.82. The second-order valence-electron chi connectivity index (χ2n) is 6.62. The monoisotopic (exact) mass is 284 g/mol. The Kier molecular flexibility index (Phi) is 3.62. The van der Waals surface area contributed by atoms with E-state index in [2.05, 4.69) is 64.4 Å². The van der Waals surface area contributed by atoms with E-state index < -0.39 is 0 Å². The predicted octanol–water partition coefficient (Wildman–Crippen LogP) is 2.98. The van der Waals surface area contributed by atoms with Gasteiger partial charge >= 0.3 is 0 Å². The van der Waals surface area contributed by atoms with Crippen LogP contribution in [0.1, 0.15) is 26.0 Å². The summed E-state index contributed by atoms with van der Waals surface area (Å²) < 4.78 is 0. The number of aliphatic imine (C=N–C) groups is 1. The summed E-state index contributed by atoms with van der Waals surface area (Å²) >= 11 is 0. The van der Waals surface area contributed by atoms with Crippen molar-refractivity contribution in [1.29, 1.82) is 0 Å². The van der Waals surface area contributed by atoms with Gasteiger partial charge < -0.3 is 15.2 Å². The Morgan fingerprint density at radius 3 is 2.86 bits per heavy atom. The lowest BCUT2D eigenvalue weighted by Crippen LogP contribution is -2.40. The third-order valence-corrected chi connectivity index (χ3v) is 4.21. The first kappa shape index (κ1) is 14.0. The third kappa shape index (κ3) is 3.04. The molecular weight excluding hydrogens is 260 g/mol. The van der Waals surface area contributed by atoms with Crippen LogP contribution in [0.2, 0.25) is 0 Å². The molecule has 112 valence electrons. The molecule has 1 fully saturated rings. The average molecular weight is 284 g/mol. The molecule has 0 saturated carbocycles. The van der Waals surface area contributed by atoms with Crippen LogP contribution in [-0.2, 0) is 6.54 Å². The van der Waals surface area contributed by atoms with Crippen molar-refractivity contribution < 1.29 is 0 Å². The Bertz CT molecular complexity index is 621. The number of H-pyrrole nitrogens is 1. The first-order chi connectivity index (χ1) is 10.1. The standard InChI is InChI=1S/C17H24N4/c1-17(2)8-9-21(12-17)16(18-3)19-11-14-10-13-6-4-5-7-15(13)20-14/h4-7,10,20H,8-9,11-12H2,1-3H3,(H,18,19). The van der Waals surface area contributed by atoms with Crippen molar-refractivity contribution >= 4 is 16.9 Å². The Morgan fingerprint density at radius 2 is 2.19 bits per heavy atom. The molecule has 2 N–H and O–H groups in total. The summed E-state index contributed by atoms with van der Waals surface area (Å²) in [4.78, 5) is 10.2. The van der Waals surface area contributed by atoms with Crippen LogP contribution in [0.3, 0.4) is 0 Å². The number of rotatable bonds is 2. The van der Waals surface area contributed by atoms with Crippen LogP contribution in [0, 0.1) is 5.41 Å². The van der Waals surface area contributed by atoms with Crippen LogP contribution in [0.25, 0.3) is 10.9 Å². The second-order valence-corrected chi connectivity index (χ2v) is 6.62. The average Bonchev–Trinajstić information content (AvgIpc) is 3.02. The SMILES string of the molecule is CN=C(NCc1cc2ccccc2[nH]1)N1CCC(C)(C)C1. The molecule has 3 rings (SSSR count). The summed E-state index contributed by atoms with van der Waals surface area (Å²) in [5.41, 5.74) is 2.76. The zero-order valence-corrected chi connectivity index (χ0v) is 13.1. The molecule has 0 amide bonds. The molecule has 0 unspecified atom stereocenters. The minimum Gasteiger partial charge on any atom is -0.357 e. The molecule has 4 nitrogen and oxygen atoms in total. The maximum Gasteiger partial charge on any atom is 0.193 e. The van der Waals surface area contributed by atoms with Gasteiger partial charge in [0.2, 0.25) is 0 Å². The Morgan fingerprint density at radius 1 is 1.38 bits per heavy atom. The number of aromatic nitrogens is 1.